The van der Waals surface area contributed by atoms with Crippen LogP contribution in [0.2, 0.25) is 0 Å². The lowest BCUT2D eigenvalue weighted by Crippen LogP contribution is -2.32. The maximum Gasteiger partial charge on any atom is 0.304 e. The Labute approximate surface area is 87.5 Å². The maximum absolute atomic E-state index is 11.7. The van der Waals surface area contributed by atoms with E-state index in [9.17, 15) is 9.59 Å². The maximum atomic E-state index is 11.7. The molecule has 0 aliphatic heterocycles. The third kappa shape index (κ3) is 3.12. The first kappa shape index (κ1) is 11.3. The van der Waals surface area contributed by atoms with Crippen molar-refractivity contribution >= 4 is 17.6 Å². The van der Waals surface area contributed by atoms with E-state index in [2.05, 4.69) is 10.3 Å². The molecule has 5 heteroatoms. The average Bonchev–Trinajstić information content (AvgIpc) is 2.54. The van der Waals surface area contributed by atoms with Crippen LogP contribution in [-0.2, 0) is 9.59 Å². The number of aromatic nitrogens is 1. The van der Waals surface area contributed by atoms with Crippen molar-refractivity contribution in [2.45, 2.75) is 20.3 Å². The van der Waals surface area contributed by atoms with Gasteiger partial charge in [0, 0.05) is 12.4 Å². The number of amides is 1. The first-order chi connectivity index (χ1) is 6.92. The van der Waals surface area contributed by atoms with E-state index in [0.717, 1.165) is 0 Å². The number of H-pyrrole nitrogens is 1. The summed E-state index contributed by atoms with van der Waals surface area (Å²) in [5.41, 5.74) is -0.276. The largest absolute Gasteiger partial charge is 0.481 e. The highest BCUT2D eigenvalue weighted by atomic mass is 16.4. The van der Waals surface area contributed by atoms with E-state index in [0.29, 0.717) is 5.69 Å². The fraction of sp³-hybridized carbons (Fsp3) is 0.400. The number of aliphatic carboxylic acids is 1. The number of carboxylic acid groups (broad SMARTS) is 1. The fourth-order valence-corrected chi connectivity index (χ4v) is 1.16. The molecule has 1 aromatic heterocycles. The molecule has 15 heavy (non-hydrogen) atoms. The average molecular weight is 210 g/mol. The standard InChI is InChI=1S/C10H14N2O3/c1-10(2,5-8(13)14)9(15)12-7-3-4-11-6-7/h3-4,6,11H,5H2,1-2H3,(H,12,15)(H,13,14). The highest BCUT2D eigenvalue weighted by Gasteiger charge is 2.30. The quantitative estimate of drug-likeness (QED) is 0.703. The minimum absolute atomic E-state index is 0.191. The van der Waals surface area contributed by atoms with E-state index >= 15 is 0 Å². The third-order valence-electron chi connectivity index (χ3n) is 2.06. The Bertz CT molecular complexity index is 355. The van der Waals surface area contributed by atoms with Crippen LogP contribution in [0.5, 0.6) is 0 Å². The van der Waals surface area contributed by atoms with Crippen molar-refractivity contribution in [2.24, 2.45) is 5.41 Å². The zero-order chi connectivity index (χ0) is 11.5. The lowest BCUT2D eigenvalue weighted by Gasteiger charge is -2.20. The molecule has 0 bridgehead atoms. The van der Waals surface area contributed by atoms with Gasteiger partial charge < -0.3 is 15.4 Å². The Morgan fingerprint density at radius 3 is 2.67 bits per heavy atom. The van der Waals surface area contributed by atoms with Gasteiger partial charge in [0.25, 0.3) is 0 Å². The SMILES string of the molecule is CC(C)(CC(=O)O)C(=O)Nc1cc[nH]c1. The lowest BCUT2D eigenvalue weighted by molar-refractivity contribution is -0.142. The van der Waals surface area contributed by atoms with Gasteiger partial charge in [-0.2, -0.15) is 0 Å². The van der Waals surface area contributed by atoms with E-state index in [4.69, 9.17) is 5.11 Å². The molecule has 3 N–H and O–H groups in total. The summed E-state index contributed by atoms with van der Waals surface area (Å²) in [6.45, 7) is 3.20. The van der Waals surface area contributed by atoms with Gasteiger partial charge in [0.15, 0.2) is 0 Å². The zero-order valence-corrected chi connectivity index (χ0v) is 8.70. The molecule has 5 nitrogen and oxygen atoms in total. The van der Waals surface area contributed by atoms with Gasteiger partial charge in [0.05, 0.1) is 17.5 Å². The van der Waals surface area contributed by atoms with Crippen molar-refractivity contribution in [1.82, 2.24) is 4.98 Å². The highest BCUT2D eigenvalue weighted by molar-refractivity contribution is 5.96. The second-order valence-electron chi connectivity index (χ2n) is 4.01. The fourth-order valence-electron chi connectivity index (χ4n) is 1.16. The molecule has 0 saturated carbocycles. The molecule has 1 heterocycles. The van der Waals surface area contributed by atoms with Crippen LogP contribution in [0.25, 0.3) is 0 Å². The van der Waals surface area contributed by atoms with Crippen LogP contribution in [0.15, 0.2) is 18.5 Å². The Balaban J connectivity index is 2.63. The lowest BCUT2D eigenvalue weighted by atomic mass is 9.88. The number of hydrogen-bond acceptors (Lipinski definition) is 2. The van der Waals surface area contributed by atoms with Gasteiger partial charge >= 0.3 is 5.97 Å². The monoisotopic (exact) mass is 210 g/mol. The van der Waals surface area contributed by atoms with E-state index in [1.165, 1.54) is 0 Å². The summed E-state index contributed by atoms with van der Waals surface area (Å²) < 4.78 is 0. The number of carboxylic acids is 1. The molecule has 0 spiro atoms. The molecule has 0 fully saturated rings. The Morgan fingerprint density at radius 2 is 2.20 bits per heavy atom. The van der Waals surface area contributed by atoms with Crippen molar-refractivity contribution in [3.63, 3.8) is 0 Å². The topological polar surface area (TPSA) is 82.2 Å². The third-order valence-corrected chi connectivity index (χ3v) is 2.06. The summed E-state index contributed by atoms with van der Waals surface area (Å²) in [4.78, 5) is 25.0. The summed E-state index contributed by atoms with van der Waals surface area (Å²) >= 11 is 0. The van der Waals surface area contributed by atoms with Crippen molar-refractivity contribution < 1.29 is 14.7 Å². The molecule has 1 rings (SSSR count). The molecular formula is C10H14N2O3. The second kappa shape index (κ2) is 4.16. The molecule has 0 saturated heterocycles. The summed E-state index contributed by atoms with van der Waals surface area (Å²) in [6.07, 6.45) is 3.12. The molecule has 0 radical (unpaired) electrons. The minimum Gasteiger partial charge on any atom is -0.481 e. The second-order valence-corrected chi connectivity index (χ2v) is 4.01. The van der Waals surface area contributed by atoms with Crippen molar-refractivity contribution in [3.8, 4) is 0 Å². The highest BCUT2D eigenvalue weighted by Crippen LogP contribution is 2.22. The van der Waals surface area contributed by atoms with Gasteiger partial charge in [-0.05, 0) is 6.07 Å². The summed E-state index contributed by atoms with van der Waals surface area (Å²) in [5, 5.41) is 11.3. The molecule has 1 aromatic rings. The van der Waals surface area contributed by atoms with Gasteiger partial charge in [0.1, 0.15) is 0 Å². The van der Waals surface area contributed by atoms with Crippen molar-refractivity contribution in [2.75, 3.05) is 5.32 Å². The summed E-state index contributed by atoms with van der Waals surface area (Å²) in [6, 6.07) is 1.70. The predicted octanol–water partition coefficient (Wildman–Crippen LogP) is 1.45. The summed E-state index contributed by atoms with van der Waals surface area (Å²) in [5.74, 6) is -1.28. The zero-order valence-electron chi connectivity index (χ0n) is 8.70. The van der Waals surface area contributed by atoms with E-state index < -0.39 is 11.4 Å². The van der Waals surface area contributed by atoms with E-state index in [1.807, 2.05) is 0 Å². The smallest absolute Gasteiger partial charge is 0.304 e. The normalized spacial score (nSPS) is 11.1. The van der Waals surface area contributed by atoms with Crippen LogP contribution in [0.1, 0.15) is 20.3 Å². The Morgan fingerprint density at radius 1 is 1.53 bits per heavy atom. The van der Waals surface area contributed by atoms with Crippen molar-refractivity contribution in [1.29, 1.82) is 0 Å². The molecule has 0 atom stereocenters. The first-order valence-electron chi connectivity index (χ1n) is 4.58. The van der Waals surface area contributed by atoms with E-state index in [-0.39, 0.29) is 12.3 Å². The van der Waals surface area contributed by atoms with Crippen LogP contribution in [0, 0.1) is 5.41 Å². The Hall–Kier alpha value is -1.78. The van der Waals surface area contributed by atoms with E-state index in [1.54, 1.807) is 32.3 Å². The molecular weight excluding hydrogens is 196 g/mol. The number of carbonyl (C=O) groups is 2. The van der Waals surface area contributed by atoms with Crippen LogP contribution < -0.4 is 5.32 Å². The number of nitrogens with one attached hydrogen (secondary N) is 2. The number of rotatable bonds is 4. The van der Waals surface area contributed by atoms with Crippen LogP contribution in [-0.4, -0.2) is 22.0 Å². The molecule has 0 aromatic carbocycles. The van der Waals surface area contributed by atoms with Crippen LogP contribution in [0.4, 0.5) is 5.69 Å². The Kier molecular flexibility index (Phi) is 3.14. The summed E-state index contributed by atoms with van der Waals surface area (Å²) in [7, 11) is 0. The molecule has 1 amide bonds. The van der Waals surface area contributed by atoms with Gasteiger partial charge in [-0.25, -0.2) is 0 Å². The van der Waals surface area contributed by atoms with Gasteiger partial charge in [-0.15, -0.1) is 0 Å². The molecule has 82 valence electrons. The van der Waals surface area contributed by atoms with Crippen LogP contribution >= 0.6 is 0 Å². The first-order valence-corrected chi connectivity index (χ1v) is 4.58. The van der Waals surface area contributed by atoms with Crippen LogP contribution in [0.3, 0.4) is 0 Å². The number of aromatic amines is 1. The van der Waals surface area contributed by atoms with Gasteiger partial charge in [-0.3, -0.25) is 9.59 Å². The number of anilines is 1. The molecule has 0 unspecified atom stereocenters. The van der Waals surface area contributed by atoms with Crippen molar-refractivity contribution in [3.05, 3.63) is 18.5 Å². The van der Waals surface area contributed by atoms with Gasteiger partial charge in [0.2, 0.25) is 5.91 Å². The predicted molar refractivity (Wildman–Crippen MR) is 55.5 cm³/mol. The number of hydrogen-bond donors (Lipinski definition) is 3. The molecule has 0 aliphatic rings. The number of carbonyl (C=O) groups excluding carboxylic acids is 1. The molecule has 0 aliphatic carbocycles. The minimum atomic E-state index is -0.982. The van der Waals surface area contributed by atoms with Gasteiger partial charge in [-0.1, -0.05) is 13.8 Å².